The molecule has 2 aromatic rings. The molecule has 0 aliphatic rings. The highest BCUT2D eigenvalue weighted by Gasteiger charge is 1.99. The number of halogens is 1. The van der Waals surface area contributed by atoms with Crippen LogP contribution in [0.25, 0.3) is 0 Å². The minimum atomic E-state index is 0.153. The number of nitrogens with zero attached hydrogens (tertiary/aromatic N) is 2. The number of rotatable bonds is 2. The van der Waals surface area contributed by atoms with E-state index in [0.717, 1.165) is 0 Å². The molecular weight excluding hydrogens is 232 g/mol. The number of aromatic hydroxyl groups is 1. The standard InChI is InChI=1S/C10H7ClN2OS/c11-8-1-2-9(14)7(5-8)6-13-10-12-3-4-15-10/h1-6,14H. The first-order valence-corrected chi connectivity index (χ1v) is 5.43. The predicted molar refractivity (Wildman–Crippen MR) is 62.5 cm³/mol. The van der Waals surface area contributed by atoms with Gasteiger partial charge < -0.3 is 5.11 Å². The van der Waals surface area contributed by atoms with Gasteiger partial charge in [-0.1, -0.05) is 11.6 Å². The van der Waals surface area contributed by atoms with Gasteiger partial charge in [-0.2, -0.15) is 0 Å². The highest BCUT2D eigenvalue weighted by Crippen LogP contribution is 2.21. The zero-order chi connectivity index (χ0) is 10.7. The maximum Gasteiger partial charge on any atom is 0.209 e. The Bertz CT molecular complexity index is 482. The van der Waals surface area contributed by atoms with Crippen LogP contribution in [0, 0.1) is 0 Å². The van der Waals surface area contributed by atoms with Crippen molar-refractivity contribution in [3.63, 3.8) is 0 Å². The molecule has 0 bridgehead atoms. The van der Waals surface area contributed by atoms with Gasteiger partial charge in [0.1, 0.15) is 5.75 Å². The Hall–Kier alpha value is -1.39. The van der Waals surface area contributed by atoms with E-state index in [1.54, 1.807) is 24.5 Å². The Morgan fingerprint density at radius 1 is 1.47 bits per heavy atom. The van der Waals surface area contributed by atoms with Crippen molar-refractivity contribution in [3.8, 4) is 5.75 Å². The summed E-state index contributed by atoms with van der Waals surface area (Å²) in [6.45, 7) is 0. The van der Waals surface area contributed by atoms with E-state index in [-0.39, 0.29) is 5.75 Å². The number of hydrogen-bond donors (Lipinski definition) is 1. The molecular formula is C10H7ClN2OS. The van der Waals surface area contributed by atoms with E-state index in [1.807, 2.05) is 5.38 Å². The van der Waals surface area contributed by atoms with Gasteiger partial charge in [-0.15, -0.1) is 11.3 Å². The van der Waals surface area contributed by atoms with Crippen LogP contribution in [0.4, 0.5) is 5.13 Å². The van der Waals surface area contributed by atoms with Crippen LogP contribution in [0.15, 0.2) is 34.8 Å². The monoisotopic (exact) mass is 238 g/mol. The number of aromatic nitrogens is 1. The number of aliphatic imine (C=N–C) groups is 1. The van der Waals surface area contributed by atoms with Crippen LogP contribution in [0.5, 0.6) is 5.75 Å². The first-order valence-electron chi connectivity index (χ1n) is 4.18. The molecule has 0 fully saturated rings. The number of phenolic OH excluding ortho intramolecular Hbond substituents is 1. The van der Waals surface area contributed by atoms with Crippen LogP contribution in [0.2, 0.25) is 5.02 Å². The lowest BCUT2D eigenvalue weighted by Gasteiger charge is -1.97. The van der Waals surface area contributed by atoms with E-state index in [9.17, 15) is 5.11 Å². The minimum Gasteiger partial charge on any atom is -0.507 e. The number of phenols is 1. The third-order valence-corrected chi connectivity index (χ3v) is 2.64. The van der Waals surface area contributed by atoms with Gasteiger partial charge in [0.25, 0.3) is 0 Å². The zero-order valence-electron chi connectivity index (χ0n) is 7.59. The molecule has 76 valence electrons. The van der Waals surface area contributed by atoms with Gasteiger partial charge in [0.05, 0.1) is 0 Å². The molecule has 0 spiro atoms. The normalized spacial score (nSPS) is 11.0. The number of thiazole rings is 1. The maximum atomic E-state index is 9.50. The summed E-state index contributed by atoms with van der Waals surface area (Å²) in [5, 5.41) is 12.5. The average Bonchev–Trinajstić information content (AvgIpc) is 2.72. The summed E-state index contributed by atoms with van der Waals surface area (Å²) in [4.78, 5) is 8.09. The summed E-state index contributed by atoms with van der Waals surface area (Å²) in [6, 6.07) is 4.80. The Labute approximate surface area is 95.7 Å². The summed E-state index contributed by atoms with van der Waals surface area (Å²) in [7, 11) is 0. The van der Waals surface area contributed by atoms with E-state index in [4.69, 9.17) is 11.6 Å². The van der Waals surface area contributed by atoms with Crippen LogP contribution < -0.4 is 0 Å². The fourth-order valence-corrected chi connectivity index (χ4v) is 1.69. The summed E-state index contributed by atoms with van der Waals surface area (Å²) < 4.78 is 0. The van der Waals surface area contributed by atoms with E-state index >= 15 is 0 Å². The smallest absolute Gasteiger partial charge is 0.209 e. The summed E-state index contributed by atoms with van der Waals surface area (Å²) in [5.41, 5.74) is 0.581. The third-order valence-electron chi connectivity index (χ3n) is 1.72. The van der Waals surface area contributed by atoms with Crippen molar-refractivity contribution in [3.05, 3.63) is 40.4 Å². The second-order valence-corrected chi connectivity index (χ2v) is 4.09. The lowest BCUT2D eigenvalue weighted by atomic mass is 10.2. The van der Waals surface area contributed by atoms with Crippen LogP contribution >= 0.6 is 22.9 Å². The van der Waals surface area contributed by atoms with Crippen molar-refractivity contribution in [2.45, 2.75) is 0 Å². The SMILES string of the molecule is Oc1ccc(Cl)cc1C=Nc1nccs1. The Kier molecular flexibility index (Phi) is 2.99. The fraction of sp³-hybridized carbons (Fsp3) is 0. The first kappa shape index (κ1) is 10.1. The lowest BCUT2D eigenvalue weighted by molar-refractivity contribution is 0.474. The molecule has 0 amide bonds. The zero-order valence-corrected chi connectivity index (χ0v) is 9.16. The molecule has 3 nitrogen and oxygen atoms in total. The first-order chi connectivity index (χ1) is 7.25. The molecule has 0 aliphatic heterocycles. The highest BCUT2D eigenvalue weighted by atomic mass is 35.5. The molecule has 1 N–H and O–H groups in total. The Morgan fingerprint density at radius 2 is 2.33 bits per heavy atom. The molecule has 0 saturated carbocycles. The quantitative estimate of drug-likeness (QED) is 0.817. The molecule has 1 aromatic carbocycles. The largest absolute Gasteiger partial charge is 0.507 e. The van der Waals surface area contributed by atoms with Crippen LogP contribution in [-0.4, -0.2) is 16.3 Å². The van der Waals surface area contributed by atoms with Gasteiger partial charge in [-0.25, -0.2) is 9.98 Å². The molecule has 0 aliphatic carbocycles. The highest BCUT2D eigenvalue weighted by molar-refractivity contribution is 7.13. The maximum absolute atomic E-state index is 9.50. The summed E-state index contributed by atoms with van der Waals surface area (Å²) in [5.74, 6) is 0.153. The van der Waals surface area contributed by atoms with Gasteiger partial charge in [-0.3, -0.25) is 0 Å². The third kappa shape index (κ3) is 2.55. The topological polar surface area (TPSA) is 45.5 Å². The van der Waals surface area contributed by atoms with Gasteiger partial charge in [0.2, 0.25) is 5.13 Å². The van der Waals surface area contributed by atoms with E-state index in [0.29, 0.717) is 15.7 Å². The molecule has 1 heterocycles. The molecule has 15 heavy (non-hydrogen) atoms. The molecule has 1 aromatic heterocycles. The van der Waals surface area contributed by atoms with E-state index < -0.39 is 0 Å². The van der Waals surface area contributed by atoms with Gasteiger partial charge >= 0.3 is 0 Å². The predicted octanol–water partition coefficient (Wildman–Crippen LogP) is 3.25. The number of benzene rings is 1. The second kappa shape index (κ2) is 4.42. The van der Waals surface area contributed by atoms with Crippen LogP contribution in [0.3, 0.4) is 0 Å². The second-order valence-electron chi connectivity index (χ2n) is 2.78. The van der Waals surface area contributed by atoms with Gasteiger partial charge in [-0.05, 0) is 18.2 Å². The Morgan fingerprint density at radius 3 is 3.07 bits per heavy atom. The summed E-state index contributed by atoms with van der Waals surface area (Å²) >= 11 is 7.22. The summed E-state index contributed by atoms with van der Waals surface area (Å²) in [6.07, 6.45) is 3.22. The van der Waals surface area contributed by atoms with Crippen molar-refractivity contribution in [1.29, 1.82) is 0 Å². The lowest BCUT2D eigenvalue weighted by Crippen LogP contribution is -1.81. The van der Waals surface area contributed by atoms with Crippen molar-refractivity contribution >= 4 is 34.3 Å². The average molecular weight is 239 g/mol. The van der Waals surface area contributed by atoms with Crippen molar-refractivity contribution < 1.29 is 5.11 Å². The molecule has 0 unspecified atom stereocenters. The van der Waals surface area contributed by atoms with Crippen molar-refractivity contribution in [2.75, 3.05) is 0 Å². The van der Waals surface area contributed by atoms with Crippen molar-refractivity contribution in [1.82, 2.24) is 4.98 Å². The van der Waals surface area contributed by atoms with Crippen LogP contribution in [0.1, 0.15) is 5.56 Å². The molecule has 0 radical (unpaired) electrons. The van der Waals surface area contributed by atoms with E-state index in [1.165, 1.54) is 17.4 Å². The van der Waals surface area contributed by atoms with E-state index in [2.05, 4.69) is 9.98 Å². The van der Waals surface area contributed by atoms with Gasteiger partial charge in [0, 0.05) is 28.4 Å². The molecule has 5 heteroatoms. The van der Waals surface area contributed by atoms with Gasteiger partial charge in [0.15, 0.2) is 0 Å². The Balaban J connectivity index is 2.27. The fourth-order valence-electron chi connectivity index (χ4n) is 1.03. The molecule has 0 atom stereocenters. The van der Waals surface area contributed by atoms with Crippen LogP contribution in [-0.2, 0) is 0 Å². The number of hydrogen-bond acceptors (Lipinski definition) is 4. The van der Waals surface area contributed by atoms with Crippen molar-refractivity contribution in [2.24, 2.45) is 4.99 Å². The minimum absolute atomic E-state index is 0.153. The molecule has 2 rings (SSSR count). The molecule has 0 saturated heterocycles.